The molecule has 2 aromatic rings. The summed E-state index contributed by atoms with van der Waals surface area (Å²) in [6.45, 7) is 0.733. The first-order valence-corrected chi connectivity index (χ1v) is 6.49. The van der Waals surface area contributed by atoms with Crippen LogP contribution in [-0.4, -0.2) is 23.6 Å². The molecule has 0 aliphatic heterocycles. The van der Waals surface area contributed by atoms with Gasteiger partial charge in [0, 0.05) is 24.0 Å². The molecule has 0 bridgehead atoms. The molecule has 1 aromatic heterocycles. The molecule has 0 saturated carbocycles. The second-order valence-corrected chi connectivity index (χ2v) is 4.56. The predicted octanol–water partition coefficient (Wildman–Crippen LogP) is 3.45. The van der Waals surface area contributed by atoms with Gasteiger partial charge in [0.25, 0.3) is 0 Å². The summed E-state index contributed by atoms with van der Waals surface area (Å²) in [4.78, 5) is 7.81. The van der Waals surface area contributed by atoms with Crippen LogP contribution in [0.1, 0.15) is 5.56 Å². The highest BCUT2D eigenvalue weighted by Crippen LogP contribution is 2.17. The lowest BCUT2D eigenvalue weighted by Crippen LogP contribution is -2.06. The number of rotatable bonds is 5. The Labute approximate surface area is 121 Å². The van der Waals surface area contributed by atoms with E-state index in [0.717, 1.165) is 30.0 Å². The maximum atomic E-state index is 5.97. The highest BCUT2D eigenvalue weighted by atomic mass is 35.5. The van der Waals surface area contributed by atoms with E-state index in [1.54, 1.807) is 13.3 Å². The van der Waals surface area contributed by atoms with E-state index in [9.17, 15) is 0 Å². The minimum absolute atomic E-state index is 0.164. The van der Waals surface area contributed by atoms with Gasteiger partial charge in [-0.3, -0.25) is 0 Å². The molecule has 0 atom stereocenters. The Kier molecular flexibility index (Phi) is 4.82. The minimum Gasteiger partial charge on any atom is -0.497 e. The largest absolute Gasteiger partial charge is 0.497 e. The van der Waals surface area contributed by atoms with Gasteiger partial charge in [-0.05, 0) is 42.3 Å². The maximum Gasteiger partial charge on any atom is 0.223 e. The van der Waals surface area contributed by atoms with Crippen molar-refractivity contribution in [3.05, 3.63) is 46.5 Å². The second kappa shape index (κ2) is 6.59. The van der Waals surface area contributed by atoms with Crippen molar-refractivity contribution < 1.29 is 4.74 Å². The monoisotopic (exact) mass is 297 g/mol. The van der Waals surface area contributed by atoms with E-state index >= 15 is 0 Å². The standard InChI is InChI=1S/C13H13Cl2N3O/c1-19-11-4-2-10(3-5-11)16-7-6-9-8-17-13(15)18-12(9)14/h2-5,8,16H,6-7H2,1H3. The quantitative estimate of drug-likeness (QED) is 0.678. The summed E-state index contributed by atoms with van der Waals surface area (Å²) in [5.74, 6) is 0.833. The van der Waals surface area contributed by atoms with Crippen LogP contribution in [0.5, 0.6) is 5.75 Å². The van der Waals surface area contributed by atoms with Gasteiger partial charge >= 0.3 is 0 Å². The number of aromatic nitrogens is 2. The normalized spacial score (nSPS) is 10.3. The Morgan fingerprint density at radius 3 is 2.58 bits per heavy atom. The van der Waals surface area contributed by atoms with Crippen LogP contribution in [0.15, 0.2) is 30.5 Å². The van der Waals surface area contributed by atoms with Gasteiger partial charge in [-0.2, -0.15) is 0 Å². The van der Waals surface area contributed by atoms with Gasteiger partial charge in [-0.15, -0.1) is 0 Å². The third-order valence-corrected chi connectivity index (χ3v) is 3.11. The highest BCUT2D eigenvalue weighted by molar-refractivity contribution is 6.32. The minimum atomic E-state index is 0.164. The smallest absolute Gasteiger partial charge is 0.223 e. The molecule has 100 valence electrons. The summed E-state index contributed by atoms with van der Waals surface area (Å²) in [7, 11) is 1.64. The van der Waals surface area contributed by atoms with Crippen LogP contribution in [0.25, 0.3) is 0 Å². The van der Waals surface area contributed by atoms with Crippen molar-refractivity contribution in [3.63, 3.8) is 0 Å². The zero-order chi connectivity index (χ0) is 13.7. The second-order valence-electron chi connectivity index (χ2n) is 3.86. The number of hydrogen-bond acceptors (Lipinski definition) is 4. The van der Waals surface area contributed by atoms with Crippen molar-refractivity contribution in [1.29, 1.82) is 0 Å². The number of nitrogens with zero attached hydrogens (tertiary/aromatic N) is 2. The Hall–Kier alpha value is -1.52. The van der Waals surface area contributed by atoms with Crippen molar-refractivity contribution in [3.8, 4) is 5.75 Å². The average Bonchev–Trinajstić information content (AvgIpc) is 2.42. The molecule has 1 N–H and O–H groups in total. The Balaban J connectivity index is 1.88. The molecule has 19 heavy (non-hydrogen) atoms. The summed E-state index contributed by atoms with van der Waals surface area (Å²) in [6, 6.07) is 7.72. The van der Waals surface area contributed by atoms with Crippen LogP contribution in [0, 0.1) is 0 Å². The lowest BCUT2D eigenvalue weighted by atomic mass is 10.2. The summed E-state index contributed by atoms with van der Waals surface area (Å²) >= 11 is 11.6. The number of anilines is 1. The van der Waals surface area contributed by atoms with E-state index in [1.165, 1.54) is 0 Å². The molecule has 0 spiro atoms. The first-order valence-electron chi connectivity index (χ1n) is 5.74. The molecule has 0 saturated heterocycles. The van der Waals surface area contributed by atoms with Gasteiger partial charge in [0.15, 0.2) is 0 Å². The van der Waals surface area contributed by atoms with Crippen LogP contribution in [0.4, 0.5) is 5.69 Å². The van der Waals surface area contributed by atoms with Crippen LogP contribution in [0.2, 0.25) is 10.4 Å². The predicted molar refractivity (Wildman–Crippen MR) is 77.2 cm³/mol. The summed E-state index contributed by atoms with van der Waals surface area (Å²) in [6.07, 6.45) is 2.37. The van der Waals surface area contributed by atoms with Crippen molar-refractivity contribution >= 4 is 28.9 Å². The van der Waals surface area contributed by atoms with E-state index in [1.807, 2.05) is 24.3 Å². The molecule has 2 rings (SSSR count). The summed E-state index contributed by atoms with van der Waals surface area (Å²) in [5, 5.41) is 3.85. The van der Waals surface area contributed by atoms with E-state index in [0.29, 0.717) is 5.15 Å². The zero-order valence-electron chi connectivity index (χ0n) is 10.4. The lowest BCUT2D eigenvalue weighted by molar-refractivity contribution is 0.415. The zero-order valence-corrected chi connectivity index (χ0v) is 11.9. The van der Waals surface area contributed by atoms with Gasteiger partial charge in [0.1, 0.15) is 10.9 Å². The molecule has 1 aromatic carbocycles. The Morgan fingerprint density at radius 1 is 1.21 bits per heavy atom. The maximum absolute atomic E-state index is 5.97. The molecule has 0 aliphatic carbocycles. The molecule has 6 heteroatoms. The van der Waals surface area contributed by atoms with E-state index < -0.39 is 0 Å². The molecular weight excluding hydrogens is 285 g/mol. The van der Waals surface area contributed by atoms with E-state index in [2.05, 4.69) is 15.3 Å². The first kappa shape index (κ1) is 13.9. The first-order chi connectivity index (χ1) is 9.19. The number of halogens is 2. The topological polar surface area (TPSA) is 47.0 Å². The molecule has 0 aliphatic rings. The molecule has 0 amide bonds. The van der Waals surface area contributed by atoms with Crippen LogP contribution in [-0.2, 0) is 6.42 Å². The van der Waals surface area contributed by atoms with E-state index in [-0.39, 0.29) is 5.28 Å². The van der Waals surface area contributed by atoms with E-state index in [4.69, 9.17) is 27.9 Å². The highest BCUT2D eigenvalue weighted by Gasteiger charge is 2.03. The molecule has 0 fully saturated rings. The van der Waals surface area contributed by atoms with Crippen LogP contribution in [0.3, 0.4) is 0 Å². The fourth-order valence-corrected chi connectivity index (χ4v) is 1.98. The third kappa shape index (κ3) is 3.98. The van der Waals surface area contributed by atoms with Crippen molar-refractivity contribution in [2.75, 3.05) is 19.0 Å². The SMILES string of the molecule is COc1ccc(NCCc2cnc(Cl)nc2Cl)cc1. The number of ether oxygens (including phenoxy) is 1. The fourth-order valence-electron chi connectivity index (χ4n) is 1.58. The van der Waals surface area contributed by atoms with Crippen molar-refractivity contribution in [2.45, 2.75) is 6.42 Å². The number of nitrogens with one attached hydrogen (secondary N) is 1. The third-order valence-electron chi connectivity index (χ3n) is 2.60. The molecule has 4 nitrogen and oxygen atoms in total. The summed E-state index contributed by atoms with van der Waals surface area (Å²) in [5.41, 5.74) is 1.89. The Bertz CT molecular complexity index is 546. The number of methoxy groups -OCH3 is 1. The van der Waals surface area contributed by atoms with Crippen molar-refractivity contribution in [2.24, 2.45) is 0 Å². The van der Waals surface area contributed by atoms with Gasteiger partial charge in [0.05, 0.1) is 7.11 Å². The lowest BCUT2D eigenvalue weighted by Gasteiger charge is -2.08. The van der Waals surface area contributed by atoms with Crippen LogP contribution >= 0.6 is 23.2 Å². The Morgan fingerprint density at radius 2 is 1.95 bits per heavy atom. The fraction of sp³-hybridized carbons (Fsp3) is 0.231. The molecule has 0 radical (unpaired) electrons. The van der Waals surface area contributed by atoms with Crippen LogP contribution < -0.4 is 10.1 Å². The van der Waals surface area contributed by atoms with Gasteiger partial charge in [0.2, 0.25) is 5.28 Å². The average molecular weight is 298 g/mol. The molecular formula is C13H13Cl2N3O. The van der Waals surface area contributed by atoms with Gasteiger partial charge in [-0.25, -0.2) is 9.97 Å². The molecule has 0 unspecified atom stereocenters. The number of benzene rings is 1. The van der Waals surface area contributed by atoms with Crippen molar-refractivity contribution in [1.82, 2.24) is 9.97 Å². The number of hydrogen-bond donors (Lipinski definition) is 1. The molecule has 1 heterocycles. The summed E-state index contributed by atoms with van der Waals surface area (Å²) < 4.78 is 5.10. The van der Waals surface area contributed by atoms with Gasteiger partial charge < -0.3 is 10.1 Å². The van der Waals surface area contributed by atoms with Gasteiger partial charge in [-0.1, -0.05) is 11.6 Å².